The second kappa shape index (κ2) is 10.9. The summed E-state index contributed by atoms with van der Waals surface area (Å²) in [4.78, 5) is 4.78. The summed E-state index contributed by atoms with van der Waals surface area (Å²) < 4.78 is 172. The average molecular weight is 658 g/mol. The summed E-state index contributed by atoms with van der Waals surface area (Å²) in [7, 11) is 0. The van der Waals surface area contributed by atoms with Crippen LogP contribution < -0.4 is 0 Å². The number of hydrogen-bond acceptors (Lipinski definition) is 1. The Morgan fingerprint density at radius 3 is 1.88 bits per heavy atom. The van der Waals surface area contributed by atoms with E-state index in [0.29, 0.717) is 16.6 Å². The zero-order chi connectivity index (χ0) is 49.7. The van der Waals surface area contributed by atoms with Gasteiger partial charge in [-0.15, -0.1) is 0 Å². The van der Waals surface area contributed by atoms with Crippen LogP contribution >= 0.6 is 0 Å². The highest BCUT2D eigenvalue weighted by molar-refractivity contribution is 6.22. The predicted octanol–water partition coefficient (Wildman–Crippen LogP) is 12.6. The van der Waals surface area contributed by atoms with Crippen molar-refractivity contribution < 1.29 is 26.0 Å². The summed E-state index contributed by atoms with van der Waals surface area (Å²) in [6.45, 7) is -6.37. The first-order valence-electron chi connectivity index (χ1n) is 25.3. The van der Waals surface area contributed by atoms with Crippen molar-refractivity contribution in [3.05, 3.63) is 181 Å². The van der Waals surface area contributed by atoms with E-state index in [2.05, 4.69) is 0 Å². The molecule has 0 atom stereocenters. The van der Waals surface area contributed by atoms with Crippen LogP contribution in [0, 0.1) is 0 Å². The van der Waals surface area contributed by atoms with Crippen LogP contribution in [-0.4, -0.2) is 9.55 Å². The molecule has 0 aliphatic heterocycles. The van der Waals surface area contributed by atoms with Crippen LogP contribution in [-0.2, 0) is 5.41 Å². The smallest absolute Gasteiger partial charge is 0.145 e. The van der Waals surface area contributed by atoms with Crippen molar-refractivity contribution in [2.24, 2.45) is 0 Å². The Labute approximate surface area is 318 Å². The molecule has 0 unspecified atom stereocenters. The molecule has 236 valence electrons. The molecule has 1 aromatic heterocycles. The fourth-order valence-corrected chi connectivity index (χ4v) is 7.30. The zero-order valence-electron chi connectivity index (χ0n) is 45.1. The van der Waals surface area contributed by atoms with Gasteiger partial charge in [0, 0.05) is 24.8 Å². The lowest BCUT2D eigenvalue weighted by Gasteiger charge is -2.23. The summed E-state index contributed by atoms with van der Waals surface area (Å²) in [6.07, 6.45) is 0. The monoisotopic (exact) mass is 657 g/mol. The molecule has 0 N–H and O–H groups in total. The molecule has 1 aliphatic carbocycles. The van der Waals surface area contributed by atoms with Crippen molar-refractivity contribution in [1.29, 1.82) is 0 Å². The number of nitrogens with zero attached hydrogens (tertiary/aromatic N) is 2. The van der Waals surface area contributed by atoms with Crippen LogP contribution in [0.25, 0.3) is 83.0 Å². The Balaban J connectivity index is 1.42. The largest absolute Gasteiger partial charge is 0.292 e. The normalized spacial score (nSPS) is 19.1. The summed E-state index contributed by atoms with van der Waals surface area (Å²) in [5.74, 6) is -0.0965. The van der Waals surface area contributed by atoms with Crippen molar-refractivity contribution >= 4 is 32.6 Å². The molecule has 0 saturated heterocycles. The van der Waals surface area contributed by atoms with Crippen molar-refractivity contribution in [2.45, 2.75) is 19.1 Å². The van der Waals surface area contributed by atoms with Gasteiger partial charge < -0.3 is 0 Å². The second-order valence-electron chi connectivity index (χ2n) is 12.1. The Morgan fingerprint density at radius 2 is 1.14 bits per heavy atom. The Kier molecular flexibility index (Phi) is 3.38. The Bertz CT molecular complexity index is 3630. The van der Waals surface area contributed by atoms with Crippen LogP contribution in [0.4, 0.5) is 0 Å². The third kappa shape index (κ3) is 4.12. The molecule has 0 fully saturated rings. The minimum Gasteiger partial charge on any atom is -0.292 e. The van der Waals surface area contributed by atoms with Gasteiger partial charge in [-0.05, 0) is 84.8 Å². The number of para-hydroxylation sites is 3. The van der Waals surface area contributed by atoms with Crippen LogP contribution in [0.15, 0.2) is 170 Å². The Hall–Kier alpha value is -6.25. The highest BCUT2D eigenvalue weighted by atomic mass is 15.1. The molecule has 0 spiro atoms. The van der Waals surface area contributed by atoms with Gasteiger partial charge in [0.2, 0.25) is 0 Å². The van der Waals surface area contributed by atoms with Gasteiger partial charge in [-0.25, -0.2) is 4.98 Å². The highest BCUT2D eigenvalue weighted by Crippen LogP contribution is 2.51. The number of benzene rings is 8. The number of rotatable bonds is 4. The van der Waals surface area contributed by atoms with E-state index in [1.54, 1.807) is 66.7 Å². The van der Waals surface area contributed by atoms with E-state index in [1.807, 2.05) is 0 Å². The van der Waals surface area contributed by atoms with Crippen molar-refractivity contribution in [3.8, 4) is 50.5 Å². The fourth-order valence-electron chi connectivity index (χ4n) is 7.30. The van der Waals surface area contributed by atoms with Crippen molar-refractivity contribution in [1.82, 2.24) is 9.55 Å². The lowest BCUT2D eigenvalue weighted by molar-refractivity contribution is 0.660. The van der Waals surface area contributed by atoms with Crippen molar-refractivity contribution in [3.63, 3.8) is 0 Å². The van der Waals surface area contributed by atoms with Gasteiger partial charge in [-0.2, -0.15) is 0 Å². The summed E-state index contributed by atoms with van der Waals surface area (Å²) in [5.41, 5.74) is -1.53. The maximum Gasteiger partial charge on any atom is 0.145 e. The first-order valence-corrected chi connectivity index (χ1v) is 15.8. The lowest BCUT2D eigenvalue weighted by Crippen LogP contribution is -2.14. The molecule has 0 amide bonds. The molecule has 9 aromatic rings. The van der Waals surface area contributed by atoms with Gasteiger partial charge in [0.25, 0.3) is 0 Å². The summed E-state index contributed by atoms with van der Waals surface area (Å²) in [6, 6.07) is 15.5. The van der Waals surface area contributed by atoms with E-state index < -0.39 is 97.7 Å². The SMILES string of the molecule is [2H]c1c([2H])c([2H])c(-c2nc3ccccc3n2-c2ccccc2-c2c3c([2H])c([2H])c([2H])c([2H])c3c(-c3ccc4c(c3)C(C([2H])([2H])[2H])(C([2H])([2H])[2H])c3ccccc3-4)c3c([2H])c([2H])c([2H])c([2H])c23)c([2H])c1[2H]. The van der Waals surface area contributed by atoms with Gasteiger partial charge in [-0.3, -0.25) is 4.57 Å². The molecular formula is C48H34N2. The van der Waals surface area contributed by atoms with E-state index >= 15 is 0 Å². The second-order valence-corrected chi connectivity index (χ2v) is 12.1. The van der Waals surface area contributed by atoms with Gasteiger partial charge in [-0.1, -0.05) is 159 Å². The quantitative estimate of drug-likeness (QED) is 0.172. The van der Waals surface area contributed by atoms with Gasteiger partial charge in [0.05, 0.1) is 34.5 Å². The molecule has 2 heteroatoms. The first-order chi connectivity index (χ1) is 32.5. The average Bonchev–Trinajstić information content (AvgIpc) is 3.85. The van der Waals surface area contributed by atoms with E-state index in [4.69, 9.17) is 25.5 Å². The number of hydrogen-bond donors (Lipinski definition) is 0. The molecule has 0 bridgehead atoms. The molecule has 0 radical (unpaired) electrons. The fraction of sp³-hybridized carbons (Fsp3) is 0.0625. The topological polar surface area (TPSA) is 17.8 Å². The summed E-state index contributed by atoms with van der Waals surface area (Å²) in [5, 5.41) is -0.880. The maximum absolute atomic E-state index is 9.62. The van der Waals surface area contributed by atoms with Crippen LogP contribution in [0.2, 0.25) is 0 Å². The molecule has 1 heterocycles. The maximum atomic E-state index is 9.62. The van der Waals surface area contributed by atoms with E-state index in [9.17, 15) is 5.48 Å². The molecule has 1 aliphatic rings. The van der Waals surface area contributed by atoms with E-state index in [0.717, 1.165) is 0 Å². The molecule has 10 rings (SSSR count). The highest BCUT2D eigenvalue weighted by Gasteiger charge is 2.35. The number of aromatic nitrogens is 2. The number of fused-ring (bicyclic) bond motifs is 6. The molecule has 50 heavy (non-hydrogen) atoms. The van der Waals surface area contributed by atoms with Gasteiger partial charge in [0.1, 0.15) is 5.82 Å². The first kappa shape index (κ1) is 15.5. The molecular weight excluding hydrogens is 605 g/mol. The minimum atomic E-state index is -3.19. The third-order valence-electron chi connectivity index (χ3n) is 9.41. The number of imidazole rings is 1. The molecule has 0 saturated carbocycles. The lowest BCUT2D eigenvalue weighted by atomic mass is 9.80. The van der Waals surface area contributed by atoms with Gasteiger partial charge in [0.15, 0.2) is 0 Å². The van der Waals surface area contributed by atoms with Crippen molar-refractivity contribution in [2.75, 3.05) is 0 Å². The minimum absolute atomic E-state index is 0.00778. The standard InChI is InChI=1S/C48H34N2/c1-48(2)40-24-12-10-18-33(40)34-29-28-32(30-41(34)48)45-35-19-6-8-21-37(35)46(38-22-9-7-20-36(38)45)39-23-11-14-26-43(39)50-44-27-15-13-25-42(44)49-47(50)31-16-4-3-5-17-31/h3-30H,1-2H3/i1D3,2D3,3D,4D,5D,6D,7D,8D,9D,16D,17D,19D,20D,21D,22D. The van der Waals surface area contributed by atoms with Crippen LogP contribution in [0.5, 0.6) is 0 Å². The zero-order valence-corrected chi connectivity index (χ0v) is 26.1. The summed E-state index contributed by atoms with van der Waals surface area (Å²) >= 11 is 0. The Morgan fingerprint density at radius 1 is 0.540 bits per heavy atom. The molecule has 8 aromatic carbocycles. The predicted molar refractivity (Wildman–Crippen MR) is 210 cm³/mol. The van der Waals surface area contributed by atoms with Crippen LogP contribution in [0.3, 0.4) is 0 Å². The van der Waals surface area contributed by atoms with E-state index in [-0.39, 0.29) is 77.6 Å². The van der Waals surface area contributed by atoms with Crippen LogP contribution in [0.1, 0.15) is 50.9 Å². The third-order valence-corrected chi connectivity index (χ3v) is 9.41. The van der Waals surface area contributed by atoms with Gasteiger partial charge >= 0.3 is 0 Å². The molecule has 2 nitrogen and oxygen atoms in total. The van der Waals surface area contributed by atoms with E-state index in [1.165, 1.54) is 28.8 Å².